The molecule has 2 rings (SSSR count). The van der Waals surface area contributed by atoms with Crippen LogP contribution in [0.5, 0.6) is 5.75 Å². The first-order chi connectivity index (χ1) is 12.4. The first-order valence-electron chi connectivity index (χ1n) is 9.22. The Kier molecular flexibility index (Phi) is 6.17. The summed E-state index contributed by atoms with van der Waals surface area (Å²) in [5.74, 6) is 0.965. The summed E-state index contributed by atoms with van der Waals surface area (Å²) in [7, 11) is 1.89. The molecule has 4 nitrogen and oxygen atoms in total. The Labute approximate surface area is 167 Å². The van der Waals surface area contributed by atoms with Gasteiger partial charge < -0.3 is 5.11 Å². The normalized spacial score (nSPS) is 17.3. The van der Waals surface area contributed by atoms with Gasteiger partial charge in [-0.15, -0.1) is 6.58 Å². The Balaban J connectivity index is 2.49. The summed E-state index contributed by atoms with van der Waals surface area (Å²) < 4.78 is 0. The Bertz CT molecular complexity index is 734. The number of hydrogen-bond donors (Lipinski definition) is 1. The molecule has 0 saturated carbocycles. The van der Waals surface area contributed by atoms with Crippen LogP contribution in [-0.4, -0.2) is 40.5 Å². The van der Waals surface area contributed by atoms with E-state index in [1.165, 1.54) is 11.8 Å². The van der Waals surface area contributed by atoms with E-state index in [0.717, 1.165) is 21.6 Å². The van der Waals surface area contributed by atoms with E-state index in [4.69, 9.17) is 0 Å². The lowest BCUT2D eigenvalue weighted by molar-refractivity contribution is -0.137. The smallest absolute Gasteiger partial charge is 0.275 e. The number of phenols is 1. The minimum Gasteiger partial charge on any atom is -0.507 e. The van der Waals surface area contributed by atoms with Crippen molar-refractivity contribution in [3.63, 3.8) is 0 Å². The number of nitrogens with zero attached hydrogens (tertiary/aromatic N) is 2. The van der Waals surface area contributed by atoms with Crippen LogP contribution < -0.4 is 0 Å². The fourth-order valence-electron chi connectivity index (χ4n) is 3.06. The van der Waals surface area contributed by atoms with E-state index in [2.05, 4.69) is 48.1 Å². The first kappa shape index (κ1) is 21.6. The lowest BCUT2D eigenvalue weighted by Gasteiger charge is -2.28. The van der Waals surface area contributed by atoms with Crippen LogP contribution >= 0.6 is 11.8 Å². The van der Waals surface area contributed by atoms with Crippen molar-refractivity contribution in [2.24, 2.45) is 0 Å². The highest BCUT2D eigenvalue weighted by molar-refractivity contribution is 8.04. The molecule has 0 aromatic heterocycles. The minimum atomic E-state index is -0.193. The fraction of sp³-hybridized carbons (Fsp3) is 0.500. The second kappa shape index (κ2) is 7.72. The molecule has 0 atom stereocenters. The first-order valence-corrected chi connectivity index (χ1v) is 10.2. The molecule has 1 aliphatic rings. The molecule has 0 aliphatic carbocycles. The van der Waals surface area contributed by atoms with Crippen LogP contribution in [0.15, 0.2) is 29.7 Å². The van der Waals surface area contributed by atoms with Gasteiger partial charge in [-0.2, -0.15) is 0 Å². The van der Waals surface area contributed by atoms with Crippen LogP contribution in [0.4, 0.5) is 0 Å². The molecule has 1 aliphatic heterocycles. The summed E-state index contributed by atoms with van der Waals surface area (Å²) in [6.07, 6.45) is 3.73. The van der Waals surface area contributed by atoms with E-state index < -0.39 is 0 Å². The van der Waals surface area contributed by atoms with Crippen LogP contribution in [0.1, 0.15) is 58.2 Å². The Morgan fingerprint density at radius 3 is 2.15 bits per heavy atom. The molecule has 5 heteroatoms. The topological polar surface area (TPSA) is 43.8 Å². The third kappa shape index (κ3) is 4.77. The van der Waals surface area contributed by atoms with Crippen molar-refractivity contribution in [3.05, 3.63) is 46.4 Å². The van der Waals surface area contributed by atoms with Crippen LogP contribution in [0.25, 0.3) is 6.08 Å². The molecule has 1 fully saturated rings. The van der Waals surface area contributed by atoms with Gasteiger partial charge in [0.05, 0.1) is 10.8 Å². The summed E-state index contributed by atoms with van der Waals surface area (Å²) in [6.45, 7) is 16.9. The van der Waals surface area contributed by atoms with Gasteiger partial charge >= 0.3 is 0 Å². The average Bonchev–Trinajstić information content (AvgIpc) is 2.88. The number of rotatable bonds is 4. The fourth-order valence-corrected chi connectivity index (χ4v) is 4.08. The van der Waals surface area contributed by atoms with Gasteiger partial charge in [-0.3, -0.25) is 9.80 Å². The third-order valence-electron chi connectivity index (χ3n) is 4.64. The summed E-state index contributed by atoms with van der Waals surface area (Å²) in [5, 5.41) is 14.5. The van der Waals surface area contributed by atoms with Crippen molar-refractivity contribution >= 4 is 23.7 Å². The van der Waals surface area contributed by atoms with Gasteiger partial charge in [0.1, 0.15) is 5.75 Å². The maximum absolute atomic E-state index is 12.8. The number of hydrazine groups is 1. The Morgan fingerprint density at radius 2 is 1.70 bits per heavy atom. The van der Waals surface area contributed by atoms with Crippen molar-refractivity contribution in [2.45, 2.75) is 52.4 Å². The van der Waals surface area contributed by atoms with Gasteiger partial charge in [0, 0.05) is 24.7 Å². The predicted octanol–water partition coefficient (Wildman–Crippen LogP) is 4.89. The number of amides is 1. The molecule has 0 unspecified atom stereocenters. The van der Waals surface area contributed by atoms with Gasteiger partial charge in [0.25, 0.3) is 5.91 Å². The molecule has 148 valence electrons. The van der Waals surface area contributed by atoms with Crippen molar-refractivity contribution in [1.82, 2.24) is 10.0 Å². The third-order valence-corrected chi connectivity index (χ3v) is 5.62. The van der Waals surface area contributed by atoms with Crippen molar-refractivity contribution in [1.29, 1.82) is 0 Å². The lowest BCUT2D eigenvalue weighted by Crippen LogP contribution is -2.40. The maximum Gasteiger partial charge on any atom is 0.275 e. The summed E-state index contributed by atoms with van der Waals surface area (Å²) in [4.78, 5) is 13.5. The molecule has 27 heavy (non-hydrogen) atoms. The predicted molar refractivity (Wildman–Crippen MR) is 116 cm³/mol. The molecule has 1 saturated heterocycles. The monoisotopic (exact) mass is 388 g/mol. The molecule has 1 heterocycles. The van der Waals surface area contributed by atoms with Crippen LogP contribution in [-0.2, 0) is 15.6 Å². The molecule has 1 aromatic rings. The molecule has 1 aromatic carbocycles. The minimum absolute atomic E-state index is 0.00652. The van der Waals surface area contributed by atoms with Crippen LogP contribution in [0, 0.1) is 0 Å². The zero-order chi connectivity index (χ0) is 20.6. The molecule has 0 spiro atoms. The molecule has 0 bridgehead atoms. The van der Waals surface area contributed by atoms with Gasteiger partial charge in [0.2, 0.25) is 0 Å². The number of hydrogen-bond acceptors (Lipinski definition) is 4. The number of likely N-dealkylation sites (N-methyl/N-ethyl adjacent to an activating group) is 1. The van der Waals surface area contributed by atoms with Gasteiger partial charge in [-0.25, -0.2) is 5.01 Å². The molecular weight excluding hydrogens is 356 g/mol. The van der Waals surface area contributed by atoms with Gasteiger partial charge in [0.15, 0.2) is 0 Å². The number of phenolic OH excluding ortho intramolecular Hbond substituents is 1. The molecule has 1 N–H and O–H groups in total. The largest absolute Gasteiger partial charge is 0.507 e. The lowest BCUT2D eigenvalue weighted by atomic mass is 9.78. The van der Waals surface area contributed by atoms with Crippen molar-refractivity contribution < 1.29 is 9.90 Å². The van der Waals surface area contributed by atoms with E-state index >= 15 is 0 Å². The van der Waals surface area contributed by atoms with Gasteiger partial charge in [-0.1, -0.05) is 59.4 Å². The summed E-state index contributed by atoms with van der Waals surface area (Å²) in [5.41, 5.74) is 2.37. The number of carbonyl (C=O) groups is 1. The molecule has 1 amide bonds. The Morgan fingerprint density at radius 1 is 1.19 bits per heavy atom. The van der Waals surface area contributed by atoms with Crippen molar-refractivity contribution in [3.8, 4) is 5.75 Å². The number of aromatic hydroxyl groups is 1. The standard InChI is InChI=1S/C22H32N2O2S/c1-9-10-23(8)24-14-27-18(20(24)26)13-15-11-16(21(2,3)4)19(25)17(12-15)22(5,6)7/h9,11-13,25H,1,10,14H2,2-8H3. The summed E-state index contributed by atoms with van der Waals surface area (Å²) in [6, 6.07) is 4.00. The zero-order valence-corrected chi connectivity index (χ0v) is 18.4. The number of carbonyl (C=O) groups excluding carboxylic acids is 1. The number of benzene rings is 1. The maximum atomic E-state index is 12.8. The van der Waals surface area contributed by atoms with E-state index in [1.807, 2.05) is 30.3 Å². The summed E-state index contributed by atoms with van der Waals surface area (Å²) >= 11 is 1.54. The van der Waals surface area contributed by atoms with E-state index in [9.17, 15) is 9.90 Å². The highest BCUT2D eigenvalue weighted by Gasteiger charge is 2.30. The van der Waals surface area contributed by atoms with E-state index in [-0.39, 0.29) is 16.7 Å². The average molecular weight is 389 g/mol. The quantitative estimate of drug-likeness (QED) is 0.589. The van der Waals surface area contributed by atoms with Crippen LogP contribution in [0.2, 0.25) is 0 Å². The molecule has 0 radical (unpaired) electrons. The SMILES string of the molecule is C=CCN(C)N1CSC(=Cc2cc(C(C)(C)C)c(O)c(C(C)(C)C)c2)C1=O. The molecular formula is C22H32N2O2S. The number of thioether (sulfide) groups is 1. The second-order valence-corrected chi connectivity index (χ2v) is 10.1. The van der Waals surface area contributed by atoms with Crippen molar-refractivity contribution in [2.75, 3.05) is 19.5 Å². The zero-order valence-electron chi connectivity index (χ0n) is 17.6. The Hall–Kier alpha value is -1.72. The van der Waals surface area contributed by atoms with Crippen LogP contribution in [0.3, 0.4) is 0 Å². The highest BCUT2D eigenvalue weighted by Crippen LogP contribution is 2.41. The van der Waals surface area contributed by atoms with Gasteiger partial charge in [-0.05, 0) is 34.6 Å². The van der Waals surface area contributed by atoms with E-state index in [0.29, 0.717) is 18.2 Å². The second-order valence-electron chi connectivity index (χ2n) is 9.08. The highest BCUT2D eigenvalue weighted by atomic mass is 32.2. The van der Waals surface area contributed by atoms with E-state index in [1.54, 1.807) is 11.1 Å².